The highest BCUT2D eigenvalue weighted by atomic mass is 16.5. The number of morpholine rings is 2. The van der Waals surface area contributed by atoms with Crippen LogP contribution >= 0.6 is 0 Å². The van der Waals surface area contributed by atoms with Crippen molar-refractivity contribution >= 4 is 34.2 Å². The number of hydrogen-bond donors (Lipinski definition) is 2. The molecule has 0 saturated carbocycles. The molecule has 0 bridgehead atoms. The molecule has 3 N–H and O–H groups in total. The molecule has 2 fully saturated rings. The Kier molecular flexibility index (Phi) is 7.61. The molecule has 202 valence electrons. The summed E-state index contributed by atoms with van der Waals surface area (Å²) in [7, 11) is 0. The molecule has 6 rings (SSSR count). The largest absolute Gasteiger partial charge is 0.492 e. The molecule has 0 amide bonds. The summed E-state index contributed by atoms with van der Waals surface area (Å²) in [6.07, 6.45) is 3.50. The molecule has 0 atom stereocenters. The topological polar surface area (TPSA) is 124 Å². The van der Waals surface area contributed by atoms with E-state index in [9.17, 15) is 0 Å². The minimum Gasteiger partial charge on any atom is -0.492 e. The second kappa shape index (κ2) is 11.8. The van der Waals surface area contributed by atoms with Crippen LogP contribution in [0.1, 0.15) is 0 Å². The molecule has 0 spiro atoms. The number of benzene rings is 1. The van der Waals surface area contributed by atoms with Crippen molar-refractivity contribution in [1.29, 1.82) is 0 Å². The van der Waals surface area contributed by atoms with Crippen molar-refractivity contribution in [2.24, 2.45) is 0 Å². The fourth-order valence-corrected chi connectivity index (χ4v) is 4.77. The third-order valence-corrected chi connectivity index (χ3v) is 6.87. The van der Waals surface area contributed by atoms with Gasteiger partial charge in [0.1, 0.15) is 29.5 Å². The average Bonchev–Trinajstić information content (AvgIpc) is 2.99. The van der Waals surface area contributed by atoms with Gasteiger partial charge in [0.2, 0.25) is 5.95 Å². The lowest BCUT2D eigenvalue weighted by atomic mass is 10.1. The average molecular weight is 529 g/mol. The first-order chi connectivity index (χ1) is 19.2. The third kappa shape index (κ3) is 6.00. The number of ether oxygens (including phenoxy) is 3. The number of hydrogen-bond acceptors (Lipinski definition) is 11. The van der Waals surface area contributed by atoms with Gasteiger partial charge in [0.05, 0.1) is 44.0 Å². The van der Waals surface area contributed by atoms with Gasteiger partial charge in [-0.2, -0.15) is 4.98 Å². The molecule has 11 nitrogen and oxygen atoms in total. The zero-order chi connectivity index (χ0) is 26.4. The van der Waals surface area contributed by atoms with Crippen molar-refractivity contribution in [3.63, 3.8) is 0 Å². The zero-order valence-corrected chi connectivity index (χ0v) is 21.8. The van der Waals surface area contributed by atoms with Crippen LogP contribution in [0.5, 0.6) is 5.75 Å². The quantitative estimate of drug-likeness (QED) is 0.351. The van der Waals surface area contributed by atoms with Gasteiger partial charge in [0.15, 0.2) is 0 Å². The van der Waals surface area contributed by atoms with E-state index in [-0.39, 0.29) is 0 Å². The Hall–Kier alpha value is -4.06. The lowest BCUT2D eigenvalue weighted by Crippen LogP contribution is -2.38. The van der Waals surface area contributed by atoms with Gasteiger partial charge in [0.25, 0.3) is 0 Å². The van der Waals surface area contributed by atoms with Crippen molar-refractivity contribution < 1.29 is 14.2 Å². The van der Waals surface area contributed by atoms with E-state index in [0.29, 0.717) is 42.8 Å². The highest BCUT2D eigenvalue weighted by Gasteiger charge is 2.15. The summed E-state index contributed by atoms with van der Waals surface area (Å²) in [5, 5.41) is 3.98. The first-order valence-corrected chi connectivity index (χ1v) is 13.2. The van der Waals surface area contributed by atoms with E-state index >= 15 is 0 Å². The van der Waals surface area contributed by atoms with E-state index in [1.54, 1.807) is 12.4 Å². The molecule has 11 heteroatoms. The summed E-state index contributed by atoms with van der Waals surface area (Å²) in [6.45, 7) is 8.00. The number of aromatic nitrogens is 4. The maximum Gasteiger partial charge on any atom is 0.229 e. The van der Waals surface area contributed by atoms with Crippen LogP contribution in [0.25, 0.3) is 22.2 Å². The lowest BCUT2D eigenvalue weighted by molar-refractivity contribution is 0.0322. The molecular weight excluding hydrogens is 496 g/mol. The molecule has 4 aromatic rings. The fraction of sp³-hybridized carbons (Fsp3) is 0.357. The van der Waals surface area contributed by atoms with Gasteiger partial charge in [-0.15, -0.1) is 0 Å². The van der Waals surface area contributed by atoms with Crippen molar-refractivity contribution in [3.8, 4) is 17.0 Å². The van der Waals surface area contributed by atoms with E-state index in [1.807, 2.05) is 42.5 Å². The molecule has 0 radical (unpaired) electrons. The Morgan fingerprint density at radius 3 is 2.54 bits per heavy atom. The number of anilines is 4. The van der Waals surface area contributed by atoms with Crippen molar-refractivity contribution in [1.82, 2.24) is 24.8 Å². The van der Waals surface area contributed by atoms with Gasteiger partial charge in [-0.05, 0) is 30.3 Å². The summed E-state index contributed by atoms with van der Waals surface area (Å²) in [5.41, 5.74) is 9.39. The highest BCUT2D eigenvalue weighted by Crippen LogP contribution is 2.31. The van der Waals surface area contributed by atoms with Crippen LogP contribution in [0.15, 0.2) is 54.9 Å². The predicted molar refractivity (Wildman–Crippen MR) is 150 cm³/mol. The molecule has 0 unspecified atom stereocenters. The normalized spacial score (nSPS) is 16.4. The maximum absolute atomic E-state index is 6.35. The first kappa shape index (κ1) is 25.2. The van der Waals surface area contributed by atoms with Gasteiger partial charge < -0.3 is 30.2 Å². The molecule has 2 saturated heterocycles. The van der Waals surface area contributed by atoms with E-state index in [2.05, 4.69) is 30.1 Å². The van der Waals surface area contributed by atoms with Gasteiger partial charge in [-0.3, -0.25) is 9.88 Å². The Balaban J connectivity index is 1.20. The molecule has 2 aliphatic heterocycles. The second-order valence-corrected chi connectivity index (χ2v) is 9.45. The van der Waals surface area contributed by atoms with Crippen LogP contribution in [0.3, 0.4) is 0 Å². The highest BCUT2D eigenvalue weighted by molar-refractivity contribution is 5.97. The number of fused-ring (bicyclic) bond motifs is 1. The van der Waals surface area contributed by atoms with Crippen LogP contribution in [0, 0.1) is 0 Å². The standard InChI is InChI=1S/C28H32N8O3/c29-27-23-6-7-30-25(20-2-1-3-22(18-20)39-17-10-35-8-13-37-14-9-35)26(23)33-28(34-27)32-21-4-5-24(31-19-21)36-11-15-38-16-12-36/h1-7,18-19H,8-17H2,(H3,29,32,33,34). The van der Waals surface area contributed by atoms with Crippen molar-refractivity contribution in [2.45, 2.75) is 0 Å². The first-order valence-electron chi connectivity index (χ1n) is 13.2. The minimum atomic E-state index is 0.377. The van der Waals surface area contributed by atoms with Crippen molar-refractivity contribution in [2.75, 3.05) is 81.7 Å². The number of nitrogens with one attached hydrogen (secondary N) is 1. The molecule has 1 aromatic carbocycles. The molecule has 5 heterocycles. The summed E-state index contributed by atoms with van der Waals surface area (Å²) in [5.74, 6) is 2.46. The molecule has 39 heavy (non-hydrogen) atoms. The van der Waals surface area contributed by atoms with E-state index in [4.69, 9.17) is 24.9 Å². The molecule has 0 aliphatic carbocycles. The smallest absolute Gasteiger partial charge is 0.229 e. The van der Waals surface area contributed by atoms with Crippen LogP contribution < -0.4 is 20.7 Å². The maximum atomic E-state index is 6.35. The van der Waals surface area contributed by atoms with Gasteiger partial charge in [-0.25, -0.2) is 9.97 Å². The Morgan fingerprint density at radius 2 is 1.74 bits per heavy atom. The summed E-state index contributed by atoms with van der Waals surface area (Å²) in [4.78, 5) is 23.1. The minimum absolute atomic E-state index is 0.377. The monoisotopic (exact) mass is 528 g/mol. The Morgan fingerprint density at radius 1 is 0.923 bits per heavy atom. The van der Waals surface area contributed by atoms with Crippen LogP contribution in [-0.4, -0.2) is 90.6 Å². The second-order valence-electron chi connectivity index (χ2n) is 9.45. The van der Waals surface area contributed by atoms with E-state index < -0.39 is 0 Å². The van der Waals surface area contributed by atoms with Crippen molar-refractivity contribution in [3.05, 3.63) is 54.9 Å². The molecule has 3 aromatic heterocycles. The zero-order valence-electron chi connectivity index (χ0n) is 21.8. The number of nitrogen functional groups attached to an aromatic ring is 1. The summed E-state index contributed by atoms with van der Waals surface area (Å²) in [6, 6.07) is 13.7. The SMILES string of the molecule is Nc1nc(Nc2ccc(N3CCOCC3)nc2)nc2c(-c3cccc(OCCN4CCOCC4)c3)nccc12. The van der Waals surface area contributed by atoms with Crippen LogP contribution in [0.4, 0.5) is 23.3 Å². The number of pyridine rings is 2. The van der Waals surface area contributed by atoms with Crippen LogP contribution in [0.2, 0.25) is 0 Å². The Labute approximate surface area is 226 Å². The van der Waals surface area contributed by atoms with Gasteiger partial charge >= 0.3 is 0 Å². The summed E-state index contributed by atoms with van der Waals surface area (Å²) >= 11 is 0. The number of rotatable bonds is 8. The Bertz CT molecular complexity index is 1410. The third-order valence-electron chi connectivity index (χ3n) is 6.87. The fourth-order valence-electron chi connectivity index (χ4n) is 4.77. The van der Waals surface area contributed by atoms with Crippen LogP contribution in [-0.2, 0) is 9.47 Å². The van der Waals surface area contributed by atoms with E-state index in [1.165, 1.54) is 0 Å². The number of nitrogens with zero attached hydrogens (tertiary/aromatic N) is 6. The van der Waals surface area contributed by atoms with E-state index in [0.717, 1.165) is 74.1 Å². The predicted octanol–water partition coefficient (Wildman–Crippen LogP) is 2.96. The summed E-state index contributed by atoms with van der Waals surface area (Å²) < 4.78 is 16.9. The van der Waals surface area contributed by atoms with Gasteiger partial charge in [-0.1, -0.05) is 12.1 Å². The lowest BCUT2D eigenvalue weighted by Gasteiger charge is -2.27. The van der Waals surface area contributed by atoms with Gasteiger partial charge in [0, 0.05) is 49.9 Å². The molecular formula is C28H32N8O3. The molecule has 2 aliphatic rings. The number of nitrogens with two attached hydrogens (primary N) is 1.